The molecule has 0 spiro atoms. The van der Waals surface area contributed by atoms with E-state index in [1.807, 2.05) is 0 Å². The number of benzene rings is 1. The van der Waals surface area contributed by atoms with Crippen molar-refractivity contribution in [2.75, 3.05) is 13.1 Å². The molecule has 1 aromatic carbocycles. The van der Waals surface area contributed by atoms with Gasteiger partial charge in [-0.15, -0.1) is 24.0 Å². The molecule has 0 amide bonds. The molecule has 122 valence electrons. The van der Waals surface area contributed by atoms with E-state index >= 15 is 0 Å². The lowest BCUT2D eigenvalue weighted by molar-refractivity contribution is 0.315. The van der Waals surface area contributed by atoms with Crippen LogP contribution in [0.3, 0.4) is 0 Å². The maximum absolute atomic E-state index is 6.05. The molecule has 2 fully saturated rings. The Morgan fingerprint density at radius 3 is 2.41 bits per heavy atom. The summed E-state index contributed by atoms with van der Waals surface area (Å²) in [5.74, 6) is 1.44. The summed E-state index contributed by atoms with van der Waals surface area (Å²) in [6.45, 7) is 1.81. The first-order chi connectivity index (χ1) is 10.3. The van der Waals surface area contributed by atoms with Gasteiger partial charge >= 0.3 is 0 Å². The lowest BCUT2D eigenvalue weighted by atomic mass is 9.79. The van der Waals surface area contributed by atoms with Gasteiger partial charge in [-0.1, -0.05) is 49.6 Å². The highest BCUT2D eigenvalue weighted by Gasteiger charge is 2.35. The smallest absolute Gasteiger partial charge is 0.188 e. The monoisotopic (exact) mass is 413 g/mol. The van der Waals surface area contributed by atoms with Crippen molar-refractivity contribution in [3.8, 4) is 0 Å². The third-order valence-electron chi connectivity index (χ3n) is 5.30. The van der Waals surface area contributed by atoms with E-state index in [4.69, 9.17) is 5.73 Å². The van der Waals surface area contributed by atoms with Crippen LogP contribution in [0.15, 0.2) is 35.3 Å². The van der Waals surface area contributed by atoms with Crippen molar-refractivity contribution in [2.45, 2.75) is 50.4 Å². The third-order valence-corrected chi connectivity index (χ3v) is 5.30. The Morgan fingerprint density at radius 2 is 1.82 bits per heavy atom. The van der Waals surface area contributed by atoms with Crippen LogP contribution >= 0.6 is 24.0 Å². The minimum Gasteiger partial charge on any atom is -0.370 e. The molecule has 2 aliphatic carbocycles. The van der Waals surface area contributed by atoms with Gasteiger partial charge in [0.2, 0.25) is 0 Å². The van der Waals surface area contributed by atoms with Crippen LogP contribution in [0.5, 0.6) is 0 Å². The van der Waals surface area contributed by atoms with Gasteiger partial charge in [-0.3, -0.25) is 4.99 Å². The van der Waals surface area contributed by atoms with E-state index in [-0.39, 0.29) is 29.4 Å². The second-order valence-corrected chi connectivity index (χ2v) is 6.73. The van der Waals surface area contributed by atoms with Crippen molar-refractivity contribution >= 4 is 29.9 Å². The first-order valence-corrected chi connectivity index (χ1v) is 8.38. The highest BCUT2D eigenvalue weighted by atomic mass is 127. The van der Waals surface area contributed by atoms with Gasteiger partial charge in [0.25, 0.3) is 0 Å². The predicted molar refractivity (Wildman–Crippen MR) is 104 cm³/mol. The summed E-state index contributed by atoms with van der Waals surface area (Å²) >= 11 is 0. The summed E-state index contributed by atoms with van der Waals surface area (Å²) in [6, 6.07) is 10.9. The maximum Gasteiger partial charge on any atom is 0.188 e. The van der Waals surface area contributed by atoms with Gasteiger partial charge in [0.05, 0.1) is 6.54 Å². The van der Waals surface area contributed by atoms with E-state index in [9.17, 15) is 0 Å². The zero-order valence-electron chi connectivity index (χ0n) is 13.3. The molecule has 3 nitrogen and oxygen atoms in total. The van der Waals surface area contributed by atoms with Crippen LogP contribution in [-0.4, -0.2) is 19.0 Å². The van der Waals surface area contributed by atoms with Crippen molar-refractivity contribution in [3.63, 3.8) is 0 Å². The van der Waals surface area contributed by atoms with Crippen molar-refractivity contribution in [3.05, 3.63) is 35.9 Å². The molecule has 3 N–H and O–H groups in total. The molecule has 0 saturated heterocycles. The number of nitrogens with one attached hydrogen (secondary N) is 1. The first-order valence-electron chi connectivity index (χ1n) is 8.38. The van der Waals surface area contributed by atoms with Gasteiger partial charge in [0.15, 0.2) is 5.96 Å². The zero-order chi connectivity index (χ0) is 14.5. The number of nitrogens with zero attached hydrogens (tertiary/aromatic N) is 1. The van der Waals surface area contributed by atoms with Gasteiger partial charge in [-0.2, -0.15) is 0 Å². The highest BCUT2D eigenvalue weighted by Crippen LogP contribution is 2.41. The molecule has 2 saturated carbocycles. The lowest BCUT2D eigenvalue weighted by Gasteiger charge is -2.28. The van der Waals surface area contributed by atoms with Crippen molar-refractivity contribution in [1.29, 1.82) is 0 Å². The second-order valence-electron chi connectivity index (χ2n) is 6.73. The summed E-state index contributed by atoms with van der Waals surface area (Å²) in [6.07, 6.45) is 9.13. The molecule has 0 heterocycles. The van der Waals surface area contributed by atoms with Crippen LogP contribution in [0.2, 0.25) is 0 Å². The first kappa shape index (κ1) is 17.6. The Hall–Kier alpha value is -0.780. The third kappa shape index (κ3) is 4.15. The molecule has 2 aliphatic rings. The molecule has 22 heavy (non-hydrogen) atoms. The van der Waals surface area contributed by atoms with E-state index in [0.29, 0.717) is 5.96 Å². The zero-order valence-corrected chi connectivity index (χ0v) is 15.6. The molecule has 4 heteroatoms. The van der Waals surface area contributed by atoms with Gasteiger partial charge in [0.1, 0.15) is 0 Å². The number of aliphatic imine (C=N–C) groups is 1. The number of guanidine groups is 1. The van der Waals surface area contributed by atoms with Crippen LogP contribution < -0.4 is 11.1 Å². The summed E-state index contributed by atoms with van der Waals surface area (Å²) in [7, 11) is 0. The van der Waals surface area contributed by atoms with E-state index in [2.05, 4.69) is 40.6 Å². The fourth-order valence-corrected chi connectivity index (χ4v) is 3.62. The van der Waals surface area contributed by atoms with E-state index in [0.717, 1.165) is 19.0 Å². The number of nitrogens with two attached hydrogens (primary N) is 1. The predicted octanol–water partition coefficient (Wildman–Crippen LogP) is 3.82. The van der Waals surface area contributed by atoms with Crippen LogP contribution in [0.4, 0.5) is 0 Å². The largest absolute Gasteiger partial charge is 0.370 e. The number of hydrogen-bond donors (Lipinski definition) is 2. The average molecular weight is 413 g/mol. The quantitative estimate of drug-likeness (QED) is 0.438. The average Bonchev–Trinajstić information content (AvgIpc) is 2.95. The number of rotatable bonds is 5. The maximum atomic E-state index is 6.05. The van der Waals surface area contributed by atoms with Crippen molar-refractivity contribution in [2.24, 2.45) is 16.6 Å². The van der Waals surface area contributed by atoms with Gasteiger partial charge in [-0.05, 0) is 37.2 Å². The van der Waals surface area contributed by atoms with Crippen LogP contribution in [0, 0.1) is 5.92 Å². The normalized spacial score (nSPS) is 21.0. The summed E-state index contributed by atoms with van der Waals surface area (Å²) in [5, 5.41) is 3.30. The van der Waals surface area contributed by atoms with Crippen LogP contribution in [0.25, 0.3) is 0 Å². The molecule has 0 atom stereocenters. The van der Waals surface area contributed by atoms with E-state index < -0.39 is 0 Å². The summed E-state index contributed by atoms with van der Waals surface area (Å²) in [5.41, 5.74) is 7.70. The molecule has 0 unspecified atom stereocenters. The minimum absolute atomic E-state index is 0. The topological polar surface area (TPSA) is 50.4 Å². The Labute approximate surface area is 151 Å². The Bertz CT molecular complexity index is 476. The van der Waals surface area contributed by atoms with Gasteiger partial charge < -0.3 is 11.1 Å². The van der Waals surface area contributed by atoms with Gasteiger partial charge in [-0.25, -0.2) is 0 Å². The molecular formula is C18H28IN3. The highest BCUT2D eigenvalue weighted by molar-refractivity contribution is 14.0. The van der Waals surface area contributed by atoms with Crippen molar-refractivity contribution in [1.82, 2.24) is 5.32 Å². The summed E-state index contributed by atoms with van der Waals surface area (Å²) < 4.78 is 0. The SMILES string of the molecule is I.NC(=NCC1(c2ccccc2)CCCC1)NCC1CCC1. The minimum atomic E-state index is 0. The summed E-state index contributed by atoms with van der Waals surface area (Å²) in [4.78, 5) is 4.67. The standard InChI is InChI=1S/C18H27N3.HI/c19-17(20-13-15-7-6-8-15)21-14-18(11-4-5-12-18)16-9-2-1-3-10-16;/h1-3,9-10,15H,4-8,11-14H2,(H3,19,20,21);1H. The number of halogens is 1. The molecule has 3 rings (SSSR count). The lowest BCUT2D eigenvalue weighted by Crippen LogP contribution is -2.38. The fourth-order valence-electron chi connectivity index (χ4n) is 3.62. The van der Waals surface area contributed by atoms with Gasteiger partial charge in [0, 0.05) is 12.0 Å². The Kier molecular flexibility index (Phi) is 6.53. The van der Waals surface area contributed by atoms with Crippen molar-refractivity contribution < 1.29 is 0 Å². The molecule has 1 aromatic rings. The van der Waals surface area contributed by atoms with Crippen LogP contribution in [0.1, 0.15) is 50.5 Å². The molecule has 0 aromatic heterocycles. The molecule has 0 aliphatic heterocycles. The Morgan fingerprint density at radius 1 is 1.14 bits per heavy atom. The van der Waals surface area contributed by atoms with E-state index in [1.165, 1.54) is 50.5 Å². The molecule has 0 bridgehead atoms. The molecule has 0 radical (unpaired) electrons. The van der Waals surface area contributed by atoms with Crippen LogP contribution in [-0.2, 0) is 5.41 Å². The fraction of sp³-hybridized carbons (Fsp3) is 0.611. The van der Waals surface area contributed by atoms with E-state index in [1.54, 1.807) is 0 Å². The number of hydrogen-bond acceptors (Lipinski definition) is 1. The second kappa shape index (κ2) is 8.18. The Balaban J connectivity index is 0.00000176. The molecular weight excluding hydrogens is 385 g/mol.